The van der Waals surface area contributed by atoms with Gasteiger partial charge in [0.05, 0.1) is 5.39 Å². The predicted octanol–water partition coefficient (Wildman–Crippen LogP) is 4.08. The number of fused-ring (bicyclic) bond motifs is 1. The topological polar surface area (TPSA) is 45.8 Å². The van der Waals surface area contributed by atoms with Crippen LogP contribution in [0.4, 0.5) is 0 Å². The normalized spacial score (nSPS) is 11.4. The number of aromatic nitrogens is 2. The van der Waals surface area contributed by atoms with Crippen molar-refractivity contribution < 1.29 is 0 Å². The van der Waals surface area contributed by atoms with E-state index >= 15 is 0 Å². The maximum Gasteiger partial charge on any atom is 0.260 e. The zero-order valence-electron chi connectivity index (χ0n) is 11.7. The second-order valence-corrected chi connectivity index (χ2v) is 6.12. The molecule has 0 atom stereocenters. The second-order valence-electron chi connectivity index (χ2n) is 5.26. The average molecular weight is 284 g/mol. The summed E-state index contributed by atoms with van der Waals surface area (Å²) in [5.41, 5.74) is 3.28. The Hall–Kier alpha value is -1.94. The van der Waals surface area contributed by atoms with Gasteiger partial charge in [0.2, 0.25) is 0 Å². The molecular weight excluding hydrogens is 268 g/mol. The molecule has 0 unspecified atom stereocenters. The Kier molecular flexibility index (Phi) is 3.18. The molecule has 2 heterocycles. The molecule has 0 spiro atoms. The summed E-state index contributed by atoms with van der Waals surface area (Å²) < 4.78 is 0. The van der Waals surface area contributed by atoms with Gasteiger partial charge in [-0.3, -0.25) is 4.79 Å². The number of benzene rings is 1. The highest BCUT2D eigenvalue weighted by molar-refractivity contribution is 7.17. The highest BCUT2D eigenvalue weighted by Gasteiger charge is 2.12. The van der Waals surface area contributed by atoms with E-state index in [-0.39, 0.29) is 5.56 Å². The number of aryl methyl sites for hydroxylation is 1. The minimum Gasteiger partial charge on any atom is -0.310 e. The molecule has 0 aliphatic heterocycles. The number of thiophene rings is 1. The summed E-state index contributed by atoms with van der Waals surface area (Å²) >= 11 is 1.52. The van der Waals surface area contributed by atoms with Gasteiger partial charge in [-0.25, -0.2) is 4.98 Å². The van der Waals surface area contributed by atoms with Crippen LogP contribution in [0, 0.1) is 6.92 Å². The van der Waals surface area contributed by atoms with Crippen LogP contribution in [-0.2, 0) is 0 Å². The lowest BCUT2D eigenvalue weighted by atomic mass is 9.99. The van der Waals surface area contributed by atoms with Crippen LogP contribution in [0.15, 0.2) is 34.4 Å². The van der Waals surface area contributed by atoms with Crippen molar-refractivity contribution in [2.75, 3.05) is 0 Å². The molecule has 0 radical (unpaired) electrons. The largest absolute Gasteiger partial charge is 0.310 e. The van der Waals surface area contributed by atoms with Crippen molar-refractivity contribution in [1.82, 2.24) is 9.97 Å². The van der Waals surface area contributed by atoms with Gasteiger partial charge in [0.15, 0.2) is 0 Å². The first-order valence-electron chi connectivity index (χ1n) is 6.64. The molecule has 0 amide bonds. The van der Waals surface area contributed by atoms with Crippen LogP contribution in [0.2, 0.25) is 0 Å². The number of aromatic amines is 1. The molecule has 0 aliphatic rings. The minimum atomic E-state index is -0.0586. The molecular formula is C16H16N2OS. The van der Waals surface area contributed by atoms with E-state index in [0.717, 1.165) is 16.0 Å². The zero-order valence-corrected chi connectivity index (χ0v) is 12.5. The quantitative estimate of drug-likeness (QED) is 0.770. The van der Waals surface area contributed by atoms with Gasteiger partial charge in [-0.05, 0) is 24.0 Å². The first-order valence-corrected chi connectivity index (χ1v) is 7.52. The van der Waals surface area contributed by atoms with E-state index in [1.54, 1.807) is 6.92 Å². The summed E-state index contributed by atoms with van der Waals surface area (Å²) in [4.78, 5) is 20.1. The third-order valence-electron chi connectivity index (χ3n) is 3.45. The molecule has 1 aromatic carbocycles. The molecule has 3 nitrogen and oxygen atoms in total. The standard InChI is InChI=1S/C16H16N2OS/c1-9(2)11-4-6-12(7-5-11)13-8-20-16-14(13)15(19)17-10(3)18-16/h4-9H,1-3H3,(H,17,18,19). The monoisotopic (exact) mass is 284 g/mol. The van der Waals surface area contributed by atoms with Gasteiger partial charge < -0.3 is 4.98 Å². The van der Waals surface area contributed by atoms with Gasteiger partial charge in [-0.2, -0.15) is 0 Å². The smallest absolute Gasteiger partial charge is 0.260 e. The van der Waals surface area contributed by atoms with E-state index < -0.39 is 0 Å². The number of hydrogen-bond acceptors (Lipinski definition) is 3. The van der Waals surface area contributed by atoms with Crippen LogP contribution in [0.3, 0.4) is 0 Å². The van der Waals surface area contributed by atoms with Gasteiger partial charge >= 0.3 is 0 Å². The van der Waals surface area contributed by atoms with Crippen molar-refractivity contribution in [2.45, 2.75) is 26.7 Å². The predicted molar refractivity (Wildman–Crippen MR) is 84.5 cm³/mol. The Morgan fingerprint density at radius 1 is 1.20 bits per heavy atom. The summed E-state index contributed by atoms with van der Waals surface area (Å²) in [6.45, 7) is 6.15. The minimum absolute atomic E-state index is 0.0586. The van der Waals surface area contributed by atoms with Gasteiger partial charge in [0, 0.05) is 10.9 Å². The Labute approximate surface area is 121 Å². The first-order chi connectivity index (χ1) is 9.56. The molecule has 0 fully saturated rings. The number of nitrogens with zero attached hydrogens (tertiary/aromatic N) is 1. The van der Waals surface area contributed by atoms with Crippen LogP contribution < -0.4 is 5.56 Å². The molecule has 1 N–H and O–H groups in total. The molecule has 0 aliphatic carbocycles. The summed E-state index contributed by atoms with van der Waals surface area (Å²) in [7, 11) is 0. The van der Waals surface area contributed by atoms with Crippen LogP contribution in [-0.4, -0.2) is 9.97 Å². The summed E-state index contributed by atoms with van der Waals surface area (Å²) in [5.74, 6) is 1.17. The van der Waals surface area contributed by atoms with Crippen LogP contribution in [0.1, 0.15) is 31.2 Å². The van der Waals surface area contributed by atoms with Gasteiger partial charge in [0.25, 0.3) is 5.56 Å². The molecule has 0 bridgehead atoms. The Bertz CT molecular complexity index is 813. The maximum atomic E-state index is 12.1. The van der Waals surface area contributed by atoms with Gasteiger partial charge in [0.1, 0.15) is 10.7 Å². The van der Waals surface area contributed by atoms with Crippen LogP contribution in [0.5, 0.6) is 0 Å². The Morgan fingerprint density at radius 3 is 2.55 bits per heavy atom. The molecule has 4 heteroatoms. The Balaban J connectivity index is 2.17. The van der Waals surface area contributed by atoms with Crippen LogP contribution >= 0.6 is 11.3 Å². The van der Waals surface area contributed by atoms with E-state index in [9.17, 15) is 4.79 Å². The lowest BCUT2D eigenvalue weighted by Gasteiger charge is -2.06. The number of nitrogens with one attached hydrogen (secondary N) is 1. The molecule has 2 aromatic heterocycles. The van der Waals surface area contributed by atoms with E-state index in [2.05, 4.69) is 48.1 Å². The fourth-order valence-electron chi connectivity index (χ4n) is 2.32. The van der Waals surface area contributed by atoms with Crippen molar-refractivity contribution >= 4 is 21.6 Å². The van der Waals surface area contributed by atoms with Crippen molar-refractivity contribution in [1.29, 1.82) is 0 Å². The fourth-order valence-corrected chi connectivity index (χ4v) is 3.31. The SMILES string of the molecule is Cc1nc2scc(-c3ccc(C(C)C)cc3)c2c(=O)[nH]1. The second kappa shape index (κ2) is 4.87. The number of rotatable bonds is 2. The van der Waals surface area contributed by atoms with E-state index in [0.29, 0.717) is 17.1 Å². The van der Waals surface area contributed by atoms with Crippen molar-refractivity contribution in [3.05, 3.63) is 51.4 Å². The number of H-pyrrole nitrogens is 1. The average Bonchev–Trinajstić information content (AvgIpc) is 2.82. The highest BCUT2D eigenvalue weighted by Crippen LogP contribution is 2.31. The fraction of sp³-hybridized carbons (Fsp3) is 0.250. The third-order valence-corrected chi connectivity index (χ3v) is 4.32. The van der Waals surface area contributed by atoms with E-state index in [1.807, 2.05) is 5.38 Å². The van der Waals surface area contributed by atoms with Gasteiger partial charge in [-0.15, -0.1) is 11.3 Å². The lowest BCUT2D eigenvalue weighted by molar-refractivity contribution is 0.867. The van der Waals surface area contributed by atoms with E-state index in [1.165, 1.54) is 16.9 Å². The summed E-state index contributed by atoms with van der Waals surface area (Å²) in [6.07, 6.45) is 0. The Morgan fingerprint density at radius 2 is 1.90 bits per heavy atom. The van der Waals surface area contributed by atoms with Crippen molar-refractivity contribution in [3.8, 4) is 11.1 Å². The molecule has 20 heavy (non-hydrogen) atoms. The van der Waals surface area contributed by atoms with E-state index in [4.69, 9.17) is 0 Å². The summed E-state index contributed by atoms with van der Waals surface area (Å²) in [5, 5.41) is 2.70. The van der Waals surface area contributed by atoms with Gasteiger partial charge in [-0.1, -0.05) is 38.1 Å². The molecule has 3 aromatic rings. The van der Waals surface area contributed by atoms with Crippen molar-refractivity contribution in [2.24, 2.45) is 0 Å². The third kappa shape index (κ3) is 2.16. The molecule has 102 valence electrons. The molecule has 3 rings (SSSR count). The maximum absolute atomic E-state index is 12.1. The highest BCUT2D eigenvalue weighted by atomic mass is 32.1. The lowest BCUT2D eigenvalue weighted by Crippen LogP contribution is -2.08. The first kappa shape index (κ1) is 13.1. The molecule has 0 saturated carbocycles. The van der Waals surface area contributed by atoms with Crippen LogP contribution in [0.25, 0.3) is 21.3 Å². The summed E-state index contributed by atoms with van der Waals surface area (Å²) in [6, 6.07) is 8.41. The van der Waals surface area contributed by atoms with Crippen molar-refractivity contribution in [3.63, 3.8) is 0 Å². The zero-order chi connectivity index (χ0) is 14.3. The number of hydrogen-bond donors (Lipinski definition) is 1. The molecule has 0 saturated heterocycles.